The molecule has 1 heterocycles. The highest BCUT2D eigenvalue weighted by Gasteiger charge is 2.46. The minimum Gasteiger partial charge on any atom is -0.330 e. The lowest BCUT2D eigenvalue weighted by molar-refractivity contribution is -0.139. The molecule has 2 aromatic carbocycles. The van der Waals surface area contributed by atoms with E-state index in [2.05, 4.69) is 0 Å². The van der Waals surface area contributed by atoms with Gasteiger partial charge < -0.3 is 4.90 Å². The zero-order chi connectivity index (χ0) is 25.5. The molecule has 3 amide bonds. The van der Waals surface area contributed by atoms with E-state index in [1.807, 2.05) is 0 Å². The fourth-order valence-corrected chi connectivity index (χ4v) is 5.03. The zero-order valence-electron chi connectivity index (χ0n) is 18.5. The second-order valence-corrected chi connectivity index (χ2v) is 11.7. The lowest BCUT2D eigenvalue weighted by atomic mass is 10.1. The van der Waals surface area contributed by atoms with Gasteiger partial charge in [0.05, 0.1) is 21.9 Å². The van der Waals surface area contributed by atoms with Crippen molar-refractivity contribution in [3.8, 4) is 0 Å². The highest BCUT2D eigenvalue weighted by molar-refractivity contribution is 7.89. The number of benzene rings is 2. The van der Waals surface area contributed by atoms with Crippen LogP contribution < -0.4 is 15.2 Å². The Morgan fingerprint density at radius 1 is 0.886 bits per heavy atom. The summed E-state index contributed by atoms with van der Waals surface area (Å²) in [5, 5.41) is 10.2. The normalized spacial score (nSPS) is 18.7. The fourth-order valence-electron chi connectivity index (χ4n) is 4.00. The van der Waals surface area contributed by atoms with Gasteiger partial charge in [0.25, 0.3) is 5.91 Å². The Balaban J connectivity index is 1.54. The number of carbonyl (C=O) groups is 3. The Hall–Kier alpha value is -3.13. The van der Waals surface area contributed by atoms with Crippen molar-refractivity contribution in [2.75, 3.05) is 11.4 Å². The molecule has 0 bridgehead atoms. The predicted molar refractivity (Wildman–Crippen MR) is 125 cm³/mol. The van der Waals surface area contributed by atoms with Crippen molar-refractivity contribution in [2.24, 2.45) is 16.2 Å². The number of nitrogens with zero attached hydrogens (tertiary/aromatic N) is 2. The van der Waals surface area contributed by atoms with Crippen LogP contribution in [-0.4, -0.2) is 52.0 Å². The highest BCUT2D eigenvalue weighted by Crippen LogP contribution is 2.34. The molecule has 1 saturated carbocycles. The van der Waals surface area contributed by atoms with Gasteiger partial charge in [-0.15, -0.1) is 0 Å². The topological polar surface area (TPSA) is 178 Å². The first-order valence-corrected chi connectivity index (χ1v) is 13.9. The SMILES string of the molecule is NS(=O)(=O)c1ccc(CCN(C(=O)C2CC2)C2CC(=O)N(c3ccc(S(N)(=O)=O)cc3)C2=O)cc1. The third kappa shape index (κ3) is 5.42. The summed E-state index contributed by atoms with van der Waals surface area (Å²) in [6.07, 6.45) is 1.57. The number of hydrogen-bond donors (Lipinski definition) is 2. The second kappa shape index (κ2) is 9.15. The van der Waals surface area contributed by atoms with Crippen molar-refractivity contribution in [2.45, 2.75) is 41.5 Å². The van der Waals surface area contributed by atoms with Gasteiger partial charge >= 0.3 is 0 Å². The molecule has 186 valence electrons. The lowest BCUT2D eigenvalue weighted by Gasteiger charge is -2.28. The van der Waals surface area contributed by atoms with E-state index < -0.39 is 37.9 Å². The first-order valence-electron chi connectivity index (χ1n) is 10.8. The molecule has 35 heavy (non-hydrogen) atoms. The molecule has 4 rings (SSSR count). The monoisotopic (exact) mass is 520 g/mol. The number of carbonyl (C=O) groups excluding carboxylic acids is 3. The maximum absolute atomic E-state index is 13.2. The predicted octanol–water partition coefficient (Wildman–Crippen LogP) is 0.0946. The largest absolute Gasteiger partial charge is 0.330 e. The number of anilines is 1. The number of primary sulfonamides is 2. The molecular weight excluding hydrogens is 496 g/mol. The van der Waals surface area contributed by atoms with Gasteiger partial charge in [-0.25, -0.2) is 32.0 Å². The molecule has 2 fully saturated rings. The summed E-state index contributed by atoms with van der Waals surface area (Å²) >= 11 is 0. The zero-order valence-corrected chi connectivity index (χ0v) is 20.2. The van der Waals surface area contributed by atoms with Crippen molar-refractivity contribution in [3.05, 3.63) is 54.1 Å². The van der Waals surface area contributed by atoms with Crippen molar-refractivity contribution >= 4 is 43.5 Å². The quantitative estimate of drug-likeness (QED) is 0.463. The number of hydrogen-bond acceptors (Lipinski definition) is 7. The van der Waals surface area contributed by atoms with Crippen LogP contribution in [0.15, 0.2) is 58.3 Å². The molecule has 1 atom stereocenters. The van der Waals surface area contributed by atoms with Gasteiger partial charge in [0, 0.05) is 12.5 Å². The molecule has 0 radical (unpaired) electrons. The summed E-state index contributed by atoms with van der Waals surface area (Å²) in [7, 11) is -7.76. The Morgan fingerprint density at radius 2 is 1.40 bits per heavy atom. The molecule has 4 N–H and O–H groups in total. The van der Waals surface area contributed by atoms with E-state index in [1.54, 1.807) is 12.1 Å². The average molecular weight is 521 g/mol. The lowest BCUT2D eigenvalue weighted by Crippen LogP contribution is -2.47. The van der Waals surface area contributed by atoms with Crippen LogP contribution in [0.25, 0.3) is 0 Å². The average Bonchev–Trinajstić information content (AvgIpc) is 3.59. The van der Waals surface area contributed by atoms with Crippen LogP contribution in [-0.2, 0) is 40.9 Å². The fraction of sp³-hybridized carbons (Fsp3) is 0.318. The smallest absolute Gasteiger partial charge is 0.257 e. The van der Waals surface area contributed by atoms with Crippen LogP contribution >= 0.6 is 0 Å². The molecule has 1 aliphatic carbocycles. The van der Waals surface area contributed by atoms with Gasteiger partial charge in [-0.2, -0.15) is 0 Å². The van der Waals surface area contributed by atoms with E-state index in [4.69, 9.17) is 10.3 Å². The molecule has 2 aromatic rings. The van der Waals surface area contributed by atoms with E-state index in [-0.39, 0.29) is 40.3 Å². The molecule has 1 saturated heterocycles. The summed E-state index contributed by atoms with van der Waals surface area (Å²) in [4.78, 5) is 41.2. The van der Waals surface area contributed by atoms with E-state index >= 15 is 0 Å². The Bertz CT molecular complexity index is 1380. The maximum Gasteiger partial charge on any atom is 0.257 e. The van der Waals surface area contributed by atoms with Gasteiger partial charge in [-0.05, 0) is 61.2 Å². The number of imide groups is 1. The highest BCUT2D eigenvalue weighted by atomic mass is 32.2. The van der Waals surface area contributed by atoms with Gasteiger partial charge in [0.2, 0.25) is 31.9 Å². The van der Waals surface area contributed by atoms with Gasteiger partial charge in [0.1, 0.15) is 6.04 Å². The van der Waals surface area contributed by atoms with Crippen molar-refractivity contribution in [1.29, 1.82) is 0 Å². The van der Waals surface area contributed by atoms with Crippen molar-refractivity contribution in [3.63, 3.8) is 0 Å². The van der Waals surface area contributed by atoms with Crippen LogP contribution in [0, 0.1) is 5.92 Å². The standard InChI is InChI=1S/C22H24N4O7S2/c23-34(30,31)17-7-1-14(2-8-17)11-12-25(21(28)15-3-4-15)19-13-20(27)26(22(19)29)16-5-9-18(10-6-16)35(24,32)33/h1-2,5-10,15,19H,3-4,11-13H2,(H2,23,30,31)(H2,24,32,33). The first-order chi connectivity index (χ1) is 16.4. The maximum atomic E-state index is 13.2. The molecule has 1 aliphatic heterocycles. The van der Waals surface area contributed by atoms with Gasteiger partial charge in [-0.3, -0.25) is 14.4 Å². The van der Waals surface area contributed by atoms with Crippen LogP contribution in [0.1, 0.15) is 24.8 Å². The Morgan fingerprint density at radius 3 is 1.89 bits per heavy atom. The van der Waals surface area contributed by atoms with Crippen molar-refractivity contribution in [1.82, 2.24) is 4.90 Å². The van der Waals surface area contributed by atoms with Crippen LogP contribution in [0.3, 0.4) is 0 Å². The van der Waals surface area contributed by atoms with Crippen LogP contribution in [0.4, 0.5) is 5.69 Å². The molecular formula is C22H24N4O7S2. The molecule has 0 spiro atoms. The Kier molecular flexibility index (Phi) is 6.53. The van der Waals surface area contributed by atoms with Gasteiger partial charge in [0.15, 0.2) is 0 Å². The third-order valence-electron chi connectivity index (χ3n) is 6.03. The summed E-state index contributed by atoms with van der Waals surface area (Å²) in [5.41, 5.74) is 0.922. The molecule has 13 heteroatoms. The summed E-state index contributed by atoms with van der Waals surface area (Å²) < 4.78 is 45.9. The van der Waals surface area contributed by atoms with Crippen molar-refractivity contribution < 1.29 is 31.2 Å². The number of rotatable bonds is 8. The minimum atomic E-state index is -3.93. The van der Waals surface area contributed by atoms with Gasteiger partial charge in [-0.1, -0.05) is 12.1 Å². The third-order valence-corrected chi connectivity index (χ3v) is 7.88. The van der Waals surface area contributed by atoms with Crippen LogP contribution in [0.2, 0.25) is 0 Å². The minimum absolute atomic E-state index is 0.0344. The molecule has 11 nitrogen and oxygen atoms in total. The molecule has 1 unspecified atom stereocenters. The van der Waals surface area contributed by atoms with Crippen LogP contribution in [0.5, 0.6) is 0 Å². The second-order valence-electron chi connectivity index (χ2n) is 8.57. The summed E-state index contributed by atoms with van der Waals surface area (Å²) in [5.74, 6) is -1.47. The molecule has 0 aromatic heterocycles. The summed E-state index contributed by atoms with van der Waals surface area (Å²) in [6, 6.07) is 9.96. The van der Waals surface area contributed by atoms with E-state index in [0.29, 0.717) is 19.3 Å². The number of sulfonamides is 2. The first kappa shape index (κ1) is 25.0. The summed E-state index contributed by atoms with van der Waals surface area (Å²) in [6.45, 7) is 0.159. The van der Waals surface area contributed by atoms with E-state index in [9.17, 15) is 31.2 Å². The number of nitrogens with two attached hydrogens (primary N) is 2. The molecule has 2 aliphatic rings. The van der Waals surface area contributed by atoms with E-state index in [0.717, 1.165) is 10.5 Å². The Labute approximate surface area is 202 Å². The number of amides is 3. The van der Waals surface area contributed by atoms with E-state index in [1.165, 1.54) is 41.3 Å².